The van der Waals surface area contributed by atoms with E-state index in [1.165, 1.54) is 11.4 Å². The molecule has 1 saturated carbocycles. The molecule has 2 N–H and O–H groups in total. The van der Waals surface area contributed by atoms with E-state index in [0.29, 0.717) is 5.92 Å². The van der Waals surface area contributed by atoms with Crippen LogP contribution in [0.1, 0.15) is 29.4 Å². The van der Waals surface area contributed by atoms with Crippen molar-refractivity contribution in [3.63, 3.8) is 0 Å². The minimum absolute atomic E-state index is 0.0109. The fourth-order valence-corrected chi connectivity index (χ4v) is 4.23. The molecular weight excluding hydrogens is 262 g/mol. The summed E-state index contributed by atoms with van der Waals surface area (Å²) in [6.45, 7) is 2.07. The summed E-state index contributed by atoms with van der Waals surface area (Å²) in [4.78, 5) is 10.7. The molecule has 1 aliphatic rings. The molecule has 1 aromatic rings. The highest BCUT2D eigenvalue weighted by molar-refractivity contribution is 7.89. The van der Waals surface area contributed by atoms with Gasteiger partial charge in [0.15, 0.2) is 0 Å². The molecular formula is C10H13NO4S2. The second-order valence-electron chi connectivity index (χ2n) is 4.35. The first kappa shape index (κ1) is 12.5. The Hall–Kier alpha value is -0.920. The van der Waals surface area contributed by atoms with Crippen LogP contribution in [0.15, 0.2) is 16.3 Å². The summed E-state index contributed by atoms with van der Waals surface area (Å²) in [5.41, 5.74) is 0. The quantitative estimate of drug-likeness (QED) is 0.872. The predicted molar refractivity (Wildman–Crippen MR) is 63.8 cm³/mol. The number of thiophene rings is 1. The van der Waals surface area contributed by atoms with Crippen molar-refractivity contribution in [1.82, 2.24) is 4.72 Å². The number of carboxylic acid groups (broad SMARTS) is 1. The molecule has 1 aliphatic carbocycles. The van der Waals surface area contributed by atoms with Gasteiger partial charge in [0.1, 0.15) is 4.88 Å². The van der Waals surface area contributed by atoms with E-state index < -0.39 is 16.0 Å². The molecule has 1 fully saturated rings. The lowest BCUT2D eigenvalue weighted by atomic mass is 9.83. The Morgan fingerprint density at radius 1 is 1.53 bits per heavy atom. The largest absolute Gasteiger partial charge is 0.477 e. The Morgan fingerprint density at radius 3 is 2.65 bits per heavy atom. The van der Waals surface area contributed by atoms with E-state index >= 15 is 0 Å². The van der Waals surface area contributed by atoms with Crippen LogP contribution in [0, 0.1) is 5.92 Å². The smallest absolute Gasteiger partial charge is 0.345 e. The second-order valence-corrected chi connectivity index (χ2v) is 6.97. The number of sulfonamides is 1. The average molecular weight is 275 g/mol. The third kappa shape index (κ3) is 2.67. The van der Waals surface area contributed by atoms with E-state index in [2.05, 4.69) is 11.6 Å². The maximum absolute atomic E-state index is 11.9. The molecule has 0 aromatic carbocycles. The molecule has 94 valence electrons. The summed E-state index contributed by atoms with van der Waals surface area (Å²) in [5.74, 6) is -0.548. The van der Waals surface area contributed by atoms with Crippen LogP contribution in [-0.4, -0.2) is 25.5 Å². The van der Waals surface area contributed by atoms with Gasteiger partial charge in [-0.05, 0) is 24.8 Å². The lowest BCUT2D eigenvalue weighted by molar-refractivity contribution is 0.0702. The van der Waals surface area contributed by atoms with Gasteiger partial charge in [0.2, 0.25) is 10.0 Å². The van der Waals surface area contributed by atoms with E-state index in [-0.39, 0.29) is 15.8 Å². The van der Waals surface area contributed by atoms with Crippen LogP contribution in [0.2, 0.25) is 0 Å². The zero-order chi connectivity index (χ0) is 12.6. The van der Waals surface area contributed by atoms with Gasteiger partial charge >= 0.3 is 5.97 Å². The lowest BCUT2D eigenvalue weighted by Gasteiger charge is -2.32. The number of hydrogen-bond donors (Lipinski definition) is 2. The van der Waals surface area contributed by atoms with E-state index in [1.807, 2.05) is 0 Å². The third-order valence-corrected chi connectivity index (χ3v) is 5.36. The van der Waals surface area contributed by atoms with Crippen molar-refractivity contribution < 1.29 is 18.3 Å². The summed E-state index contributed by atoms with van der Waals surface area (Å²) in [5, 5.41) is 10.1. The highest BCUT2D eigenvalue weighted by atomic mass is 32.2. The number of hydrogen-bond acceptors (Lipinski definition) is 4. The minimum Gasteiger partial charge on any atom is -0.477 e. The van der Waals surface area contributed by atoms with E-state index in [0.717, 1.165) is 24.2 Å². The van der Waals surface area contributed by atoms with Crippen LogP contribution < -0.4 is 4.72 Å². The highest BCUT2D eigenvalue weighted by Crippen LogP contribution is 2.28. The Kier molecular flexibility index (Phi) is 3.24. The molecule has 0 spiro atoms. The fourth-order valence-electron chi connectivity index (χ4n) is 1.86. The molecule has 7 heteroatoms. The predicted octanol–water partition coefficient (Wildman–Crippen LogP) is 1.52. The number of rotatable bonds is 4. The molecule has 0 saturated heterocycles. The van der Waals surface area contributed by atoms with Crippen LogP contribution in [0.5, 0.6) is 0 Å². The normalized spacial score (nSPS) is 24.3. The van der Waals surface area contributed by atoms with Crippen molar-refractivity contribution in [3.05, 3.63) is 16.3 Å². The van der Waals surface area contributed by atoms with Gasteiger partial charge in [0.05, 0.1) is 4.90 Å². The Labute approximate surface area is 104 Å². The van der Waals surface area contributed by atoms with Crippen LogP contribution in [0.4, 0.5) is 0 Å². The van der Waals surface area contributed by atoms with E-state index in [4.69, 9.17) is 5.11 Å². The van der Waals surface area contributed by atoms with Crippen molar-refractivity contribution in [1.29, 1.82) is 0 Å². The second kappa shape index (κ2) is 4.40. The van der Waals surface area contributed by atoms with E-state index in [9.17, 15) is 13.2 Å². The van der Waals surface area contributed by atoms with Gasteiger partial charge in [-0.1, -0.05) is 6.92 Å². The third-order valence-electron chi connectivity index (χ3n) is 2.79. The molecule has 0 amide bonds. The fraction of sp³-hybridized carbons (Fsp3) is 0.500. The summed E-state index contributed by atoms with van der Waals surface area (Å²) in [6, 6.07) is 1.18. The Balaban J connectivity index is 2.11. The maximum atomic E-state index is 11.9. The van der Waals surface area contributed by atoms with Gasteiger partial charge in [0, 0.05) is 11.4 Å². The minimum atomic E-state index is -3.56. The van der Waals surface area contributed by atoms with Crippen molar-refractivity contribution in [2.24, 2.45) is 5.92 Å². The van der Waals surface area contributed by atoms with Gasteiger partial charge in [-0.3, -0.25) is 0 Å². The molecule has 2 rings (SSSR count). The molecule has 0 unspecified atom stereocenters. The van der Waals surface area contributed by atoms with Crippen molar-refractivity contribution in [2.45, 2.75) is 30.7 Å². The van der Waals surface area contributed by atoms with Gasteiger partial charge in [-0.2, -0.15) is 0 Å². The van der Waals surface area contributed by atoms with Crippen molar-refractivity contribution in [2.75, 3.05) is 0 Å². The molecule has 0 aliphatic heterocycles. The van der Waals surface area contributed by atoms with Crippen LogP contribution in [-0.2, 0) is 10.0 Å². The van der Waals surface area contributed by atoms with Crippen LogP contribution in [0.25, 0.3) is 0 Å². The first-order valence-corrected chi connectivity index (χ1v) is 7.59. The van der Waals surface area contributed by atoms with Gasteiger partial charge in [-0.25, -0.2) is 17.9 Å². The van der Waals surface area contributed by atoms with E-state index in [1.54, 1.807) is 0 Å². The molecule has 5 nitrogen and oxygen atoms in total. The Morgan fingerprint density at radius 2 is 2.18 bits per heavy atom. The highest BCUT2D eigenvalue weighted by Gasteiger charge is 2.30. The monoisotopic (exact) mass is 275 g/mol. The van der Waals surface area contributed by atoms with Crippen molar-refractivity contribution >= 4 is 27.3 Å². The molecule has 1 heterocycles. The number of nitrogens with one attached hydrogen (secondary N) is 1. The average Bonchev–Trinajstić information content (AvgIpc) is 2.64. The molecule has 0 bridgehead atoms. The molecule has 0 atom stereocenters. The first-order chi connectivity index (χ1) is 7.88. The zero-order valence-corrected chi connectivity index (χ0v) is 10.8. The SMILES string of the molecule is CC1CC(NS(=O)(=O)c2csc(C(=O)O)c2)C1. The maximum Gasteiger partial charge on any atom is 0.345 e. The molecule has 17 heavy (non-hydrogen) atoms. The van der Waals surface area contributed by atoms with Gasteiger partial charge in [-0.15, -0.1) is 11.3 Å². The summed E-state index contributed by atoms with van der Waals surface area (Å²) < 4.78 is 26.3. The standard InChI is InChI=1S/C10H13NO4S2/c1-6-2-7(3-6)11-17(14,15)8-4-9(10(12)13)16-5-8/h4-7,11H,2-3H2,1H3,(H,12,13). The summed E-state index contributed by atoms with van der Waals surface area (Å²) in [7, 11) is -3.56. The van der Waals surface area contributed by atoms with Gasteiger partial charge in [0.25, 0.3) is 0 Å². The summed E-state index contributed by atoms with van der Waals surface area (Å²) >= 11 is 0.919. The zero-order valence-electron chi connectivity index (χ0n) is 9.21. The van der Waals surface area contributed by atoms with Crippen LogP contribution >= 0.6 is 11.3 Å². The number of carboxylic acids is 1. The van der Waals surface area contributed by atoms with Crippen LogP contribution in [0.3, 0.4) is 0 Å². The summed E-state index contributed by atoms with van der Waals surface area (Å²) in [6.07, 6.45) is 1.68. The molecule has 1 aromatic heterocycles. The number of aromatic carboxylic acids is 1. The molecule has 0 radical (unpaired) electrons. The first-order valence-electron chi connectivity index (χ1n) is 5.22. The Bertz CT molecular complexity index is 528. The topological polar surface area (TPSA) is 83.5 Å². The lowest BCUT2D eigenvalue weighted by Crippen LogP contribution is -2.43. The van der Waals surface area contributed by atoms with Crippen molar-refractivity contribution in [3.8, 4) is 0 Å². The van der Waals surface area contributed by atoms with Gasteiger partial charge < -0.3 is 5.11 Å². The number of carbonyl (C=O) groups is 1.